The minimum atomic E-state index is -0.0838. The predicted octanol–water partition coefficient (Wildman–Crippen LogP) is 5.72. The van der Waals surface area contributed by atoms with Gasteiger partial charge in [0.15, 0.2) is 4.34 Å². The van der Waals surface area contributed by atoms with Crippen molar-refractivity contribution in [2.45, 2.75) is 24.1 Å². The van der Waals surface area contributed by atoms with E-state index in [1.807, 2.05) is 18.5 Å². The van der Waals surface area contributed by atoms with E-state index in [1.54, 1.807) is 40.1 Å². The Morgan fingerprint density at radius 3 is 2.89 bits per heavy atom. The second-order valence-electron chi connectivity index (χ2n) is 6.01. The quantitative estimate of drug-likeness (QED) is 0.224. The standard InChI is InChI=1S/C20H18N4OS3/c1-4-6-7-9-12(8-5-2)24-11-22-16-14-15-13(27-20(23-15)26-3)10-21-18(14)28-17(16)19(24)25/h5-8,10-11H,2,4,9H2,1,3H3/b7-6-,12-8+. The zero-order chi connectivity index (χ0) is 19.7. The van der Waals surface area contributed by atoms with Gasteiger partial charge < -0.3 is 0 Å². The van der Waals surface area contributed by atoms with E-state index in [1.165, 1.54) is 11.3 Å². The molecule has 0 radical (unpaired) electrons. The maximum Gasteiger partial charge on any atom is 0.275 e. The Bertz CT molecular complexity index is 1310. The number of pyridine rings is 1. The molecule has 142 valence electrons. The van der Waals surface area contributed by atoms with Gasteiger partial charge in [-0.25, -0.2) is 15.0 Å². The molecule has 0 fully saturated rings. The molecule has 0 amide bonds. The summed E-state index contributed by atoms with van der Waals surface area (Å²) in [6.45, 7) is 5.86. The molecular formula is C20H18N4OS3. The fourth-order valence-electron chi connectivity index (χ4n) is 3.00. The Hall–Kier alpha value is -2.29. The molecule has 0 bridgehead atoms. The first-order valence-corrected chi connectivity index (χ1v) is 11.6. The number of thiazole rings is 1. The molecule has 4 aromatic rings. The first kappa shape index (κ1) is 19.0. The number of hydrogen-bond donors (Lipinski definition) is 0. The van der Waals surface area contributed by atoms with Crippen LogP contribution in [0.5, 0.6) is 0 Å². The third-order valence-electron chi connectivity index (χ3n) is 4.27. The molecular weight excluding hydrogens is 408 g/mol. The van der Waals surface area contributed by atoms with Crippen LogP contribution in [0.4, 0.5) is 0 Å². The van der Waals surface area contributed by atoms with Crippen molar-refractivity contribution in [1.82, 2.24) is 19.5 Å². The summed E-state index contributed by atoms with van der Waals surface area (Å²) >= 11 is 4.60. The molecule has 0 saturated heterocycles. The highest BCUT2D eigenvalue weighted by Crippen LogP contribution is 2.37. The molecule has 0 atom stereocenters. The molecule has 0 aliphatic heterocycles. The topological polar surface area (TPSA) is 60.7 Å². The van der Waals surface area contributed by atoms with Crippen molar-refractivity contribution in [3.63, 3.8) is 0 Å². The lowest BCUT2D eigenvalue weighted by Crippen LogP contribution is -2.18. The molecule has 4 heterocycles. The van der Waals surface area contributed by atoms with Crippen molar-refractivity contribution in [1.29, 1.82) is 0 Å². The van der Waals surface area contributed by atoms with Gasteiger partial charge in [0.25, 0.3) is 5.56 Å². The average Bonchev–Trinajstić information content (AvgIpc) is 3.29. The van der Waals surface area contributed by atoms with Crippen molar-refractivity contribution >= 4 is 70.8 Å². The molecule has 0 aliphatic carbocycles. The van der Waals surface area contributed by atoms with E-state index in [4.69, 9.17) is 4.98 Å². The number of aromatic nitrogens is 4. The van der Waals surface area contributed by atoms with E-state index in [0.29, 0.717) is 16.6 Å². The van der Waals surface area contributed by atoms with Gasteiger partial charge in [-0.1, -0.05) is 43.5 Å². The van der Waals surface area contributed by atoms with Gasteiger partial charge in [0.1, 0.15) is 21.4 Å². The summed E-state index contributed by atoms with van der Waals surface area (Å²) in [6, 6.07) is 0. The zero-order valence-electron chi connectivity index (χ0n) is 15.5. The van der Waals surface area contributed by atoms with Crippen LogP contribution in [0.25, 0.3) is 36.3 Å². The lowest BCUT2D eigenvalue weighted by atomic mass is 10.2. The summed E-state index contributed by atoms with van der Waals surface area (Å²) < 4.78 is 4.20. The molecule has 0 N–H and O–H groups in total. The number of allylic oxidation sites excluding steroid dienone is 5. The minimum absolute atomic E-state index is 0.0838. The zero-order valence-corrected chi connectivity index (χ0v) is 18.0. The first-order chi connectivity index (χ1) is 13.7. The molecule has 0 unspecified atom stereocenters. The highest BCUT2D eigenvalue weighted by molar-refractivity contribution is 8.00. The van der Waals surface area contributed by atoms with E-state index < -0.39 is 0 Å². The molecule has 5 nitrogen and oxygen atoms in total. The van der Waals surface area contributed by atoms with Crippen molar-refractivity contribution < 1.29 is 0 Å². The molecule has 0 aromatic carbocycles. The van der Waals surface area contributed by atoms with E-state index >= 15 is 0 Å². The predicted molar refractivity (Wildman–Crippen MR) is 123 cm³/mol. The molecule has 0 aliphatic rings. The Labute approximate surface area is 174 Å². The molecule has 0 saturated carbocycles. The smallest absolute Gasteiger partial charge is 0.270 e. The first-order valence-electron chi connectivity index (χ1n) is 8.78. The number of rotatable bonds is 6. The van der Waals surface area contributed by atoms with Gasteiger partial charge in [-0.05, 0) is 18.8 Å². The fraction of sp³-hybridized carbons (Fsp3) is 0.200. The van der Waals surface area contributed by atoms with Crippen LogP contribution in [0, 0.1) is 0 Å². The lowest BCUT2D eigenvalue weighted by molar-refractivity contribution is 0.959. The number of fused-ring (bicyclic) bond motifs is 5. The summed E-state index contributed by atoms with van der Waals surface area (Å²) in [5.41, 5.74) is 2.31. The Kier molecular flexibility index (Phi) is 5.43. The largest absolute Gasteiger partial charge is 0.275 e. The summed E-state index contributed by atoms with van der Waals surface area (Å²) in [5.74, 6) is 0. The number of nitrogens with zero attached hydrogens (tertiary/aromatic N) is 4. The second-order valence-corrected chi connectivity index (χ2v) is 9.10. The van der Waals surface area contributed by atoms with Crippen LogP contribution in [0.2, 0.25) is 0 Å². The summed E-state index contributed by atoms with van der Waals surface area (Å²) in [6.07, 6.45) is 14.7. The highest BCUT2D eigenvalue weighted by atomic mass is 32.2. The minimum Gasteiger partial charge on any atom is -0.270 e. The van der Waals surface area contributed by atoms with Crippen LogP contribution in [0.15, 0.2) is 52.5 Å². The summed E-state index contributed by atoms with van der Waals surface area (Å²) in [4.78, 5) is 27.9. The molecule has 8 heteroatoms. The number of hydrogen-bond acceptors (Lipinski definition) is 7. The Morgan fingerprint density at radius 2 is 2.14 bits per heavy atom. The fourth-order valence-corrected chi connectivity index (χ4v) is 5.49. The van der Waals surface area contributed by atoms with Crippen molar-refractivity contribution in [2.75, 3.05) is 6.26 Å². The van der Waals surface area contributed by atoms with Gasteiger partial charge in [-0.15, -0.1) is 22.7 Å². The monoisotopic (exact) mass is 426 g/mol. The van der Waals surface area contributed by atoms with Crippen molar-refractivity contribution in [2.24, 2.45) is 0 Å². The maximum absolute atomic E-state index is 13.2. The van der Waals surface area contributed by atoms with Crippen LogP contribution in [-0.2, 0) is 0 Å². The molecule has 4 rings (SSSR count). The third kappa shape index (κ3) is 3.21. The third-order valence-corrected chi connectivity index (χ3v) is 7.32. The van der Waals surface area contributed by atoms with Crippen LogP contribution < -0.4 is 5.56 Å². The van der Waals surface area contributed by atoms with Gasteiger partial charge in [0.2, 0.25) is 0 Å². The molecule has 4 aromatic heterocycles. The Balaban J connectivity index is 1.95. The SMILES string of the molecule is C=C/C=C(\C/C=C\CC)n1cnc2c(sc3ncc4sc(SC)nc4c32)c1=O. The Morgan fingerprint density at radius 1 is 1.29 bits per heavy atom. The van der Waals surface area contributed by atoms with E-state index in [2.05, 4.69) is 35.6 Å². The average molecular weight is 427 g/mol. The van der Waals surface area contributed by atoms with Gasteiger partial charge in [0.05, 0.1) is 15.6 Å². The summed E-state index contributed by atoms with van der Waals surface area (Å²) in [7, 11) is 0. The van der Waals surface area contributed by atoms with Gasteiger partial charge in [-0.3, -0.25) is 9.36 Å². The lowest BCUT2D eigenvalue weighted by Gasteiger charge is -2.07. The van der Waals surface area contributed by atoms with Gasteiger partial charge >= 0.3 is 0 Å². The van der Waals surface area contributed by atoms with Crippen LogP contribution >= 0.6 is 34.4 Å². The normalized spacial score (nSPS) is 12.7. The second kappa shape index (κ2) is 7.98. The number of thioether (sulfide) groups is 1. The van der Waals surface area contributed by atoms with Crippen molar-refractivity contribution in [3.8, 4) is 0 Å². The van der Waals surface area contributed by atoms with Gasteiger partial charge in [-0.2, -0.15) is 0 Å². The summed E-state index contributed by atoms with van der Waals surface area (Å²) in [5, 5.41) is 0.874. The highest BCUT2D eigenvalue weighted by Gasteiger charge is 2.18. The van der Waals surface area contributed by atoms with Gasteiger partial charge in [0, 0.05) is 18.3 Å². The van der Waals surface area contributed by atoms with E-state index in [9.17, 15) is 4.79 Å². The van der Waals surface area contributed by atoms with E-state index in [-0.39, 0.29) is 5.56 Å². The number of thiophene rings is 1. The molecule has 0 spiro atoms. The van der Waals surface area contributed by atoms with Crippen molar-refractivity contribution in [3.05, 3.63) is 53.8 Å². The van der Waals surface area contributed by atoms with Crippen LogP contribution in [-0.4, -0.2) is 25.8 Å². The molecule has 28 heavy (non-hydrogen) atoms. The van der Waals surface area contributed by atoms with Crippen LogP contribution in [0.1, 0.15) is 19.8 Å². The van der Waals surface area contributed by atoms with Crippen LogP contribution in [0.3, 0.4) is 0 Å². The van der Waals surface area contributed by atoms with E-state index in [0.717, 1.165) is 36.9 Å². The maximum atomic E-state index is 13.2.